The lowest BCUT2D eigenvalue weighted by atomic mass is 10.1. The molecule has 5 heteroatoms. The first-order chi connectivity index (χ1) is 8.74. The van der Waals surface area contributed by atoms with E-state index in [2.05, 4.69) is 0 Å². The van der Waals surface area contributed by atoms with E-state index in [0.29, 0.717) is 37.7 Å². The molecule has 0 amide bonds. The molecule has 0 aliphatic carbocycles. The molecular weight excluding hydrogens is 236 g/mol. The lowest BCUT2D eigenvalue weighted by Crippen LogP contribution is -2.11. The Labute approximate surface area is 106 Å². The fourth-order valence-electron chi connectivity index (χ4n) is 1.41. The van der Waals surface area contributed by atoms with Gasteiger partial charge in [-0.2, -0.15) is 0 Å². The molecule has 0 atom stereocenters. The smallest absolute Gasteiger partial charge is 0.307 e. The third kappa shape index (κ3) is 5.65. The van der Waals surface area contributed by atoms with Gasteiger partial charge in [0.2, 0.25) is 0 Å². The van der Waals surface area contributed by atoms with Gasteiger partial charge in [0.15, 0.2) is 0 Å². The molecule has 0 aliphatic rings. The van der Waals surface area contributed by atoms with Crippen LogP contribution in [0.15, 0.2) is 24.3 Å². The molecule has 1 aromatic carbocycles. The number of carboxylic acid groups (broad SMARTS) is 1. The predicted octanol–water partition coefficient (Wildman–Crippen LogP) is 1.36. The summed E-state index contributed by atoms with van der Waals surface area (Å²) in [6, 6.07) is 7.11. The molecule has 0 spiro atoms. The number of ether oxygens (including phenoxy) is 3. The lowest BCUT2D eigenvalue weighted by molar-refractivity contribution is -0.136. The molecule has 5 nitrogen and oxygen atoms in total. The summed E-state index contributed by atoms with van der Waals surface area (Å²) in [4.78, 5) is 10.7. The number of hydrogen-bond donors (Lipinski definition) is 1. The number of methoxy groups -OCH3 is 1. The summed E-state index contributed by atoms with van der Waals surface area (Å²) in [7, 11) is 1.61. The third-order valence-corrected chi connectivity index (χ3v) is 2.23. The second-order valence-electron chi connectivity index (χ2n) is 3.63. The maximum absolute atomic E-state index is 10.7. The molecule has 1 aromatic rings. The Bertz CT molecular complexity index is 364. The van der Waals surface area contributed by atoms with Gasteiger partial charge >= 0.3 is 5.97 Å². The van der Waals surface area contributed by atoms with Crippen molar-refractivity contribution < 1.29 is 24.1 Å². The molecular formula is C13H18O5. The van der Waals surface area contributed by atoms with Gasteiger partial charge in [-0.05, 0) is 6.07 Å². The summed E-state index contributed by atoms with van der Waals surface area (Å²) in [6.07, 6.45) is -0.0410. The molecule has 0 heterocycles. The fourth-order valence-corrected chi connectivity index (χ4v) is 1.41. The van der Waals surface area contributed by atoms with Crippen molar-refractivity contribution in [3.63, 3.8) is 0 Å². The molecule has 0 saturated heterocycles. The maximum Gasteiger partial charge on any atom is 0.307 e. The van der Waals surface area contributed by atoms with E-state index in [1.807, 2.05) is 6.07 Å². The van der Waals surface area contributed by atoms with Gasteiger partial charge in [-0.3, -0.25) is 4.79 Å². The van der Waals surface area contributed by atoms with E-state index in [1.165, 1.54) is 0 Å². The maximum atomic E-state index is 10.7. The molecule has 0 fully saturated rings. The summed E-state index contributed by atoms with van der Waals surface area (Å²) in [6.45, 7) is 1.91. The molecule has 0 bridgehead atoms. The second-order valence-corrected chi connectivity index (χ2v) is 3.63. The largest absolute Gasteiger partial charge is 0.491 e. The Kier molecular flexibility index (Phi) is 6.83. The minimum absolute atomic E-state index is 0.0410. The lowest BCUT2D eigenvalue weighted by Gasteiger charge is -2.10. The highest BCUT2D eigenvalue weighted by Crippen LogP contribution is 2.18. The molecule has 0 aliphatic heterocycles. The summed E-state index contributed by atoms with van der Waals surface area (Å²) >= 11 is 0. The first-order valence-corrected chi connectivity index (χ1v) is 5.73. The van der Waals surface area contributed by atoms with E-state index < -0.39 is 5.97 Å². The van der Waals surface area contributed by atoms with E-state index in [0.717, 1.165) is 0 Å². The zero-order valence-electron chi connectivity index (χ0n) is 10.4. The number of rotatable bonds is 9. The second kappa shape index (κ2) is 8.49. The zero-order valence-corrected chi connectivity index (χ0v) is 10.4. The van der Waals surface area contributed by atoms with Gasteiger partial charge in [0, 0.05) is 12.7 Å². The first kappa shape index (κ1) is 14.5. The minimum Gasteiger partial charge on any atom is -0.491 e. The standard InChI is InChI=1S/C13H18O5/c1-16-6-7-17-8-9-18-12-5-3-2-4-11(12)10-13(14)15/h2-5H,6-10H2,1H3,(H,14,15). The van der Waals surface area contributed by atoms with Crippen LogP contribution in [-0.2, 0) is 20.7 Å². The summed E-state index contributed by atoms with van der Waals surface area (Å²) < 4.78 is 15.6. The van der Waals surface area contributed by atoms with E-state index in [9.17, 15) is 4.79 Å². The van der Waals surface area contributed by atoms with E-state index in [4.69, 9.17) is 19.3 Å². The van der Waals surface area contributed by atoms with E-state index in [1.54, 1.807) is 25.3 Å². The normalized spacial score (nSPS) is 10.3. The Morgan fingerprint density at radius 3 is 2.61 bits per heavy atom. The van der Waals surface area contributed by atoms with Crippen molar-refractivity contribution in [1.29, 1.82) is 0 Å². The van der Waals surface area contributed by atoms with Gasteiger partial charge < -0.3 is 19.3 Å². The fraction of sp³-hybridized carbons (Fsp3) is 0.462. The van der Waals surface area contributed by atoms with Crippen LogP contribution in [-0.4, -0.2) is 44.6 Å². The molecule has 0 aromatic heterocycles. The van der Waals surface area contributed by atoms with Crippen molar-refractivity contribution >= 4 is 5.97 Å². The molecule has 0 unspecified atom stereocenters. The molecule has 18 heavy (non-hydrogen) atoms. The molecule has 100 valence electrons. The highest BCUT2D eigenvalue weighted by atomic mass is 16.5. The Hall–Kier alpha value is -1.59. The monoisotopic (exact) mass is 254 g/mol. The number of carboxylic acids is 1. The minimum atomic E-state index is -0.873. The van der Waals surface area contributed by atoms with Crippen LogP contribution >= 0.6 is 0 Å². The van der Waals surface area contributed by atoms with Crippen molar-refractivity contribution in [2.24, 2.45) is 0 Å². The van der Waals surface area contributed by atoms with Crippen molar-refractivity contribution in [2.45, 2.75) is 6.42 Å². The number of benzene rings is 1. The number of carbonyl (C=O) groups is 1. The van der Waals surface area contributed by atoms with Gasteiger partial charge in [-0.15, -0.1) is 0 Å². The summed E-state index contributed by atoms with van der Waals surface area (Å²) in [5.74, 6) is -0.280. The highest BCUT2D eigenvalue weighted by Gasteiger charge is 2.06. The van der Waals surface area contributed by atoms with Gasteiger partial charge in [-0.25, -0.2) is 0 Å². The summed E-state index contributed by atoms with van der Waals surface area (Å²) in [5, 5.41) is 8.77. The van der Waals surface area contributed by atoms with Gasteiger partial charge in [-0.1, -0.05) is 18.2 Å². The van der Waals surface area contributed by atoms with Crippen molar-refractivity contribution in [2.75, 3.05) is 33.5 Å². The third-order valence-electron chi connectivity index (χ3n) is 2.23. The molecule has 0 radical (unpaired) electrons. The molecule has 1 N–H and O–H groups in total. The number of aliphatic carboxylic acids is 1. The first-order valence-electron chi connectivity index (χ1n) is 5.73. The summed E-state index contributed by atoms with van der Waals surface area (Å²) in [5.41, 5.74) is 0.668. The van der Waals surface area contributed by atoms with Crippen LogP contribution in [0, 0.1) is 0 Å². The van der Waals surface area contributed by atoms with Gasteiger partial charge in [0.1, 0.15) is 12.4 Å². The average Bonchev–Trinajstić information content (AvgIpc) is 2.35. The van der Waals surface area contributed by atoms with Crippen molar-refractivity contribution in [3.8, 4) is 5.75 Å². The quantitative estimate of drug-likeness (QED) is 0.674. The predicted molar refractivity (Wildman–Crippen MR) is 66.0 cm³/mol. The van der Waals surface area contributed by atoms with Crippen LogP contribution in [0.1, 0.15) is 5.56 Å². The number of hydrogen-bond acceptors (Lipinski definition) is 4. The van der Waals surface area contributed by atoms with Gasteiger partial charge in [0.25, 0.3) is 0 Å². The Morgan fingerprint density at radius 2 is 1.89 bits per heavy atom. The van der Waals surface area contributed by atoms with Crippen LogP contribution in [0.4, 0.5) is 0 Å². The van der Waals surface area contributed by atoms with Crippen LogP contribution in [0.25, 0.3) is 0 Å². The van der Waals surface area contributed by atoms with Gasteiger partial charge in [0.05, 0.1) is 26.2 Å². The van der Waals surface area contributed by atoms with Crippen LogP contribution in [0.5, 0.6) is 5.75 Å². The van der Waals surface area contributed by atoms with Crippen LogP contribution < -0.4 is 4.74 Å². The topological polar surface area (TPSA) is 65.0 Å². The van der Waals surface area contributed by atoms with Crippen molar-refractivity contribution in [3.05, 3.63) is 29.8 Å². The molecule has 0 saturated carbocycles. The van der Waals surface area contributed by atoms with E-state index in [-0.39, 0.29) is 6.42 Å². The van der Waals surface area contributed by atoms with Crippen molar-refractivity contribution in [1.82, 2.24) is 0 Å². The van der Waals surface area contributed by atoms with Crippen LogP contribution in [0.3, 0.4) is 0 Å². The highest BCUT2D eigenvalue weighted by molar-refractivity contribution is 5.71. The van der Waals surface area contributed by atoms with E-state index >= 15 is 0 Å². The molecule has 1 rings (SSSR count). The Morgan fingerprint density at radius 1 is 1.17 bits per heavy atom. The van der Waals surface area contributed by atoms with Crippen LogP contribution in [0.2, 0.25) is 0 Å². The zero-order chi connectivity index (χ0) is 13.2. The average molecular weight is 254 g/mol. The number of para-hydroxylation sites is 1. The SMILES string of the molecule is COCCOCCOc1ccccc1CC(=O)O. The Balaban J connectivity index is 2.34.